The molecule has 3 aromatic carbocycles. The molecule has 4 rings (SSSR count). The normalized spacial score (nSPS) is 14.7. The highest BCUT2D eigenvalue weighted by molar-refractivity contribution is 7.92. The molecular weight excluding hydrogens is 581 g/mol. The molecule has 0 saturated heterocycles. The monoisotopic (exact) mass is 615 g/mol. The van der Waals surface area contributed by atoms with Crippen LogP contribution in [0.3, 0.4) is 0 Å². The maximum absolute atomic E-state index is 14.0. The number of hydrogen-bond donors (Lipinski definition) is 1. The van der Waals surface area contributed by atoms with Crippen molar-refractivity contribution in [1.29, 1.82) is 0 Å². The van der Waals surface area contributed by atoms with Crippen molar-refractivity contribution in [3.63, 3.8) is 0 Å². The molecule has 0 spiro atoms. The zero-order valence-corrected chi connectivity index (χ0v) is 25.6. The minimum absolute atomic E-state index is 0.0539. The maximum atomic E-state index is 14.0. The van der Waals surface area contributed by atoms with Gasteiger partial charge < -0.3 is 10.2 Å². The molecule has 0 heterocycles. The lowest BCUT2D eigenvalue weighted by molar-refractivity contribution is -0.139. The van der Waals surface area contributed by atoms with Crippen LogP contribution in [0.1, 0.15) is 50.2 Å². The summed E-state index contributed by atoms with van der Waals surface area (Å²) >= 11 is 12.2. The zero-order valence-electron chi connectivity index (χ0n) is 23.2. The molecule has 0 aliphatic heterocycles. The number of rotatable bonds is 10. The van der Waals surface area contributed by atoms with Crippen LogP contribution < -0.4 is 9.62 Å². The van der Waals surface area contributed by atoms with E-state index < -0.39 is 28.5 Å². The Hall–Kier alpha value is -3.07. The van der Waals surface area contributed by atoms with E-state index in [2.05, 4.69) is 5.32 Å². The number of aryl methyl sites for hydroxylation is 1. The van der Waals surface area contributed by atoms with E-state index in [9.17, 15) is 18.0 Å². The Bertz CT molecular complexity index is 1440. The van der Waals surface area contributed by atoms with Gasteiger partial charge in [0.2, 0.25) is 11.8 Å². The Balaban J connectivity index is 1.66. The first-order valence-electron chi connectivity index (χ1n) is 13.7. The number of nitrogens with one attached hydrogen (secondary N) is 1. The molecule has 3 aromatic rings. The van der Waals surface area contributed by atoms with Crippen molar-refractivity contribution in [3.05, 3.63) is 94.0 Å². The highest BCUT2D eigenvalue weighted by Crippen LogP contribution is 2.26. The second kappa shape index (κ2) is 13.7. The molecule has 0 unspecified atom stereocenters. The summed E-state index contributed by atoms with van der Waals surface area (Å²) in [5, 5.41) is 4.09. The molecule has 0 bridgehead atoms. The van der Waals surface area contributed by atoms with Crippen molar-refractivity contribution >= 4 is 50.7 Å². The van der Waals surface area contributed by atoms with Crippen LogP contribution in [0.5, 0.6) is 0 Å². The molecule has 0 aromatic heterocycles. The fourth-order valence-electron chi connectivity index (χ4n) is 4.91. The third-order valence-corrected chi connectivity index (χ3v) is 9.68. The summed E-state index contributed by atoms with van der Waals surface area (Å²) in [6.07, 6.45) is 5.07. The van der Waals surface area contributed by atoms with Gasteiger partial charge in [-0.15, -0.1) is 0 Å². The van der Waals surface area contributed by atoms with Gasteiger partial charge in [0.15, 0.2) is 0 Å². The number of hydrogen-bond acceptors (Lipinski definition) is 4. The summed E-state index contributed by atoms with van der Waals surface area (Å²) in [6, 6.07) is 19.0. The number of nitrogens with zero attached hydrogens (tertiary/aromatic N) is 2. The van der Waals surface area contributed by atoms with Crippen LogP contribution in [0, 0.1) is 6.92 Å². The number of carbonyl (C=O) groups is 2. The Morgan fingerprint density at radius 1 is 0.878 bits per heavy atom. The maximum Gasteiger partial charge on any atom is 0.264 e. The number of benzene rings is 3. The number of sulfonamides is 1. The van der Waals surface area contributed by atoms with Gasteiger partial charge in [-0.1, -0.05) is 72.3 Å². The number of anilines is 1. The summed E-state index contributed by atoms with van der Waals surface area (Å²) in [5.41, 5.74) is 1.96. The average Bonchev–Trinajstić information content (AvgIpc) is 2.96. The minimum atomic E-state index is -4.13. The summed E-state index contributed by atoms with van der Waals surface area (Å²) in [7, 11) is -4.13. The highest BCUT2D eigenvalue weighted by Gasteiger charge is 2.33. The highest BCUT2D eigenvalue weighted by atomic mass is 35.5. The zero-order chi connectivity index (χ0) is 29.6. The molecule has 218 valence electrons. The van der Waals surface area contributed by atoms with Gasteiger partial charge in [0, 0.05) is 22.6 Å². The van der Waals surface area contributed by atoms with Gasteiger partial charge in [-0.2, -0.15) is 0 Å². The smallest absolute Gasteiger partial charge is 0.264 e. The van der Waals surface area contributed by atoms with Crippen LogP contribution in [0.15, 0.2) is 77.7 Å². The molecule has 2 amide bonds. The third kappa shape index (κ3) is 8.03. The van der Waals surface area contributed by atoms with E-state index in [0.29, 0.717) is 10.0 Å². The van der Waals surface area contributed by atoms with Gasteiger partial charge in [0.05, 0.1) is 10.6 Å². The SMILES string of the molecule is Cc1ccc(S(=O)(=O)N(CC(=O)N(Cc2ccc(Cl)cc2)[C@H](C)C(=O)NC2CCCCC2)c2ccc(Cl)cc2)cc1. The minimum Gasteiger partial charge on any atom is -0.352 e. The van der Waals surface area contributed by atoms with E-state index in [0.717, 1.165) is 47.5 Å². The van der Waals surface area contributed by atoms with Crippen molar-refractivity contribution in [2.75, 3.05) is 10.8 Å². The van der Waals surface area contributed by atoms with Crippen LogP contribution in [-0.2, 0) is 26.2 Å². The van der Waals surface area contributed by atoms with E-state index in [4.69, 9.17) is 23.2 Å². The number of amides is 2. The molecule has 1 saturated carbocycles. The van der Waals surface area contributed by atoms with Crippen molar-refractivity contribution in [2.24, 2.45) is 0 Å². The van der Waals surface area contributed by atoms with Crippen LogP contribution in [0.2, 0.25) is 10.0 Å². The van der Waals surface area contributed by atoms with E-state index in [1.807, 2.05) is 6.92 Å². The van der Waals surface area contributed by atoms with Crippen molar-refractivity contribution in [2.45, 2.75) is 69.5 Å². The van der Waals surface area contributed by atoms with Gasteiger partial charge in [-0.25, -0.2) is 8.42 Å². The van der Waals surface area contributed by atoms with E-state index >= 15 is 0 Å². The molecule has 1 atom stereocenters. The molecule has 1 fully saturated rings. The van der Waals surface area contributed by atoms with Gasteiger partial charge in [0.25, 0.3) is 10.0 Å². The van der Waals surface area contributed by atoms with Crippen molar-refractivity contribution < 1.29 is 18.0 Å². The van der Waals surface area contributed by atoms with Crippen molar-refractivity contribution in [1.82, 2.24) is 10.2 Å². The Morgan fingerprint density at radius 2 is 1.44 bits per heavy atom. The van der Waals surface area contributed by atoms with E-state index in [1.54, 1.807) is 67.6 Å². The first-order chi connectivity index (χ1) is 19.5. The van der Waals surface area contributed by atoms with Gasteiger partial charge in [-0.05, 0) is 80.8 Å². The van der Waals surface area contributed by atoms with Gasteiger partial charge in [0.1, 0.15) is 12.6 Å². The lowest BCUT2D eigenvalue weighted by Gasteiger charge is -2.33. The summed E-state index contributed by atoms with van der Waals surface area (Å²) in [6.45, 7) is 3.14. The van der Waals surface area contributed by atoms with E-state index in [-0.39, 0.29) is 29.1 Å². The van der Waals surface area contributed by atoms with Crippen molar-refractivity contribution in [3.8, 4) is 0 Å². The lowest BCUT2D eigenvalue weighted by Crippen LogP contribution is -2.53. The standard InChI is InChI=1S/C31H35Cl2N3O4S/c1-22-8-18-29(19-9-22)41(39,40)36(28-16-14-26(33)15-17-28)21-30(37)35(20-24-10-12-25(32)13-11-24)23(2)31(38)34-27-6-4-3-5-7-27/h8-19,23,27H,3-7,20-21H2,1-2H3,(H,34,38)/t23-/m1/s1. The number of carbonyl (C=O) groups excluding carboxylic acids is 2. The van der Waals surface area contributed by atoms with Gasteiger partial charge in [-0.3, -0.25) is 13.9 Å². The van der Waals surface area contributed by atoms with Gasteiger partial charge >= 0.3 is 0 Å². The fraction of sp³-hybridized carbons (Fsp3) is 0.355. The summed E-state index contributed by atoms with van der Waals surface area (Å²) in [4.78, 5) is 28.9. The largest absolute Gasteiger partial charge is 0.352 e. The molecular formula is C31H35Cl2N3O4S. The molecule has 10 heteroatoms. The summed E-state index contributed by atoms with van der Waals surface area (Å²) in [5.74, 6) is -0.782. The van der Waals surface area contributed by atoms with Crippen LogP contribution in [0.25, 0.3) is 0 Å². The quantitative estimate of drug-likeness (QED) is 0.287. The van der Waals surface area contributed by atoms with E-state index in [1.165, 1.54) is 17.0 Å². The second-order valence-corrected chi connectivity index (χ2v) is 13.2. The average molecular weight is 617 g/mol. The van der Waals surface area contributed by atoms with Crippen LogP contribution >= 0.6 is 23.2 Å². The number of halogens is 2. The predicted molar refractivity (Wildman–Crippen MR) is 164 cm³/mol. The molecule has 1 aliphatic rings. The predicted octanol–water partition coefficient (Wildman–Crippen LogP) is 6.36. The van der Waals surface area contributed by atoms with Crippen LogP contribution in [-0.4, -0.2) is 43.8 Å². The molecule has 7 nitrogen and oxygen atoms in total. The van der Waals surface area contributed by atoms with Crippen LogP contribution in [0.4, 0.5) is 5.69 Å². The third-order valence-electron chi connectivity index (χ3n) is 7.39. The molecule has 41 heavy (non-hydrogen) atoms. The lowest BCUT2D eigenvalue weighted by atomic mass is 9.95. The first-order valence-corrected chi connectivity index (χ1v) is 15.9. The second-order valence-electron chi connectivity index (χ2n) is 10.5. The summed E-state index contributed by atoms with van der Waals surface area (Å²) < 4.78 is 28.8. The topological polar surface area (TPSA) is 86.8 Å². The fourth-order valence-corrected chi connectivity index (χ4v) is 6.58. The Morgan fingerprint density at radius 3 is 2.02 bits per heavy atom. The Kier molecular flexibility index (Phi) is 10.3. The first kappa shape index (κ1) is 30.9. The molecule has 1 N–H and O–H groups in total. The molecule has 0 radical (unpaired) electrons. The molecule has 1 aliphatic carbocycles. The Labute approximate surface area is 252 Å².